The molecule has 2 saturated heterocycles. The lowest BCUT2D eigenvalue weighted by Gasteiger charge is -2.21. The number of hydrogen-bond donors (Lipinski definition) is 1. The standard InChI is InChI=1S/C23H32N6O/c1-3-24-23(29-11-9-20(17-29)21-14-26-27(2)16-21)25-13-18-6-4-7-19(12-18)15-28-10-5-8-22(28)30/h4,6-7,12,14,16,20H,3,5,8-11,13,15,17H2,1-2H3,(H,24,25). The normalized spacial score (nSPS) is 19.7. The summed E-state index contributed by atoms with van der Waals surface area (Å²) < 4.78 is 1.87. The molecule has 30 heavy (non-hydrogen) atoms. The van der Waals surface area contributed by atoms with E-state index < -0.39 is 0 Å². The zero-order valence-corrected chi connectivity index (χ0v) is 18.0. The Morgan fingerprint density at radius 2 is 2.17 bits per heavy atom. The maximum Gasteiger partial charge on any atom is 0.222 e. The van der Waals surface area contributed by atoms with E-state index in [0.29, 0.717) is 25.4 Å². The number of aliphatic imine (C=N–C) groups is 1. The Kier molecular flexibility index (Phi) is 6.35. The smallest absolute Gasteiger partial charge is 0.222 e. The van der Waals surface area contributed by atoms with Gasteiger partial charge in [0.2, 0.25) is 5.91 Å². The Balaban J connectivity index is 1.40. The number of hydrogen-bond acceptors (Lipinski definition) is 3. The van der Waals surface area contributed by atoms with Crippen LogP contribution in [0.5, 0.6) is 0 Å². The Labute approximate surface area is 178 Å². The predicted molar refractivity (Wildman–Crippen MR) is 118 cm³/mol. The summed E-state index contributed by atoms with van der Waals surface area (Å²) in [5.41, 5.74) is 3.67. The summed E-state index contributed by atoms with van der Waals surface area (Å²) in [6, 6.07) is 8.47. The van der Waals surface area contributed by atoms with Crippen LogP contribution in [-0.4, -0.2) is 57.6 Å². The fourth-order valence-corrected chi connectivity index (χ4v) is 4.39. The van der Waals surface area contributed by atoms with Crippen molar-refractivity contribution in [3.63, 3.8) is 0 Å². The highest BCUT2D eigenvalue weighted by Crippen LogP contribution is 2.26. The first-order valence-electron chi connectivity index (χ1n) is 11.0. The number of guanidine groups is 1. The van der Waals surface area contributed by atoms with E-state index in [2.05, 4.69) is 52.7 Å². The molecule has 1 aromatic carbocycles. The lowest BCUT2D eigenvalue weighted by Crippen LogP contribution is -2.40. The summed E-state index contributed by atoms with van der Waals surface area (Å²) in [4.78, 5) is 21.1. The molecule has 160 valence electrons. The van der Waals surface area contributed by atoms with Gasteiger partial charge in [0.05, 0.1) is 12.7 Å². The summed E-state index contributed by atoms with van der Waals surface area (Å²) >= 11 is 0. The van der Waals surface area contributed by atoms with E-state index in [0.717, 1.165) is 45.0 Å². The van der Waals surface area contributed by atoms with Gasteiger partial charge in [-0.05, 0) is 36.5 Å². The van der Waals surface area contributed by atoms with Crippen LogP contribution >= 0.6 is 0 Å². The van der Waals surface area contributed by atoms with Crippen LogP contribution in [0.2, 0.25) is 0 Å². The molecule has 0 aliphatic carbocycles. The molecule has 1 atom stereocenters. The third-order valence-corrected chi connectivity index (χ3v) is 5.97. The number of nitrogens with zero attached hydrogens (tertiary/aromatic N) is 5. The number of nitrogens with one attached hydrogen (secondary N) is 1. The van der Waals surface area contributed by atoms with Crippen molar-refractivity contribution in [1.29, 1.82) is 0 Å². The SMILES string of the molecule is CCNC(=NCc1cccc(CN2CCCC2=O)c1)N1CCC(c2cnn(C)c2)C1. The maximum absolute atomic E-state index is 11.9. The minimum Gasteiger partial charge on any atom is -0.357 e. The fourth-order valence-electron chi connectivity index (χ4n) is 4.39. The van der Waals surface area contributed by atoms with Gasteiger partial charge in [0.25, 0.3) is 0 Å². The Morgan fingerprint density at radius 3 is 2.90 bits per heavy atom. The predicted octanol–water partition coefficient (Wildman–Crippen LogP) is 2.50. The molecule has 1 amide bonds. The van der Waals surface area contributed by atoms with Crippen LogP contribution in [-0.2, 0) is 24.9 Å². The lowest BCUT2D eigenvalue weighted by atomic mass is 10.0. The minimum atomic E-state index is 0.269. The van der Waals surface area contributed by atoms with Crippen molar-refractivity contribution in [2.75, 3.05) is 26.2 Å². The molecular weight excluding hydrogens is 376 g/mol. The first-order valence-corrected chi connectivity index (χ1v) is 11.0. The van der Waals surface area contributed by atoms with Crippen LogP contribution in [0, 0.1) is 0 Å². The number of amides is 1. The Hall–Kier alpha value is -2.83. The number of likely N-dealkylation sites (tertiary alicyclic amines) is 2. The molecule has 0 radical (unpaired) electrons. The summed E-state index contributed by atoms with van der Waals surface area (Å²) in [6.45, 7) is 7.14. The molecule has 2 fully saturated rings. The molecule has 1 aromatic heterocycles. The van der Waals surface area contributed by atoms with Gasteiger partial charge in [-0.25, -0.2) is 4.99 Å². The van der Waals surface area contributed by atoms with Crippen molar-refractivity contribution in [1.82, 2.24) is 24.9 Å². The van der Waals surface area contributed by atoms with Gasteiger partial charge in [-0.1, -0.05) is 24.3 Å². The second-order valence-electron chi connectivity index (χ2n) is 8.29. The van der Waals surface area contributed by atoms with Gasteiger partial charge in [-0.3, -0.25) is 9.48 Å². The van der Waals surface area contributed by atoms with Crippen LogP contribution in [0.4, 0.5) is 0 Å². The molecule has 2 aliphatic rings. The van der Waals surface area contributed by atoms with Gasteiger partial charge in [-0.2, -0.15) is 5.10 Å². The topological polar surface area (TPSA) is 65.8 Å². The highest BCUT2D eigenvalue weighted by atomic mass is 16.2. The van der Waals surface area contributed by atoms with Gasteiger partial charge < -0.3 is 15.1 Å². The van der Waals surface area contributed by atoms with E-state index in [4.69, 9.17) is 4.99 Å². The third kappa shape index (κ3) is 4.83. The molecule has 1 N–H and O–H groups in total. The van der Waals surface area contributed by atoms with Crippen molar-refractivity contribution >= 4 is 11.9 Å². The first kappa shape index (κ1) is 20.4. The molecule has 7 heteroatoms. The number of carbonyl (C=O) groups excluding carboxylic acids is 1. The van der Waals surface area contributed by atoms with Crippen molar-refractivity contribution in [3.8, 4) is 0 Å². The van der Waals surface area contributed by atoms with Crippen LogP contribution in [0.1, 0.15) is 48.8 Å². The molecular formula is C23H32N6O. The zero-order valence-electron chi connectivity index (χ0n) is 18.0. The number of aromatic nitrogens is 2. The van der Waals surface area contributed by atoms with E-state index in [1.165, 1.54) is 16.7 Å². The van der Waals surface area contributed by atoms with Crippen molar-refractivity contribution in [2.45, 2.75) is 45.2 Å². The second kappa shape index (κ2) is 9.32. The second-order valence-corrected chi connectivity index (χ2v) is 8.29. The van der Waals surface area contributed by atoms with Gasteiger partial charge in [0, 0.05) is 58.3 Å². The van der Waals surface area contributed by atoms with Crippen molar-refractivity contribution in [2.24, 2.45) is 12.0 Å². The van der Waals surface area contributed by atoms with Crippen LogP contribution < -0.4 is 5.32 Å². The number of benzene rings is 1. The Bertz CT molecular complexity index is 905. The molecule has 0 bridgehead atoms. The van der Waals surface area contributed by atoms with E-state index in [-0.39, 0.29) is 5.91 Å². The zero-order chi connectivity index (χ0) is 20.9. The van der Waals surface area contributed by atoms with Crippen LogP contribution in [0.25, 0.3) is 0 Å². The summed E-state index contributed by atoms with van der Waals surface area (Å²) in [6.07, 6.45) is 6.88. The monoisotopic (exact) mass is 408 g/mol. The Morgan fingerprint density at radius 1 is 1.30 bits per heavy atom. The average molecular weight is 409 g/mol. The highest BCUT2D eigenvalue weighted by molar-refractivity contribution is 5.80. The minimum absolute atomic E-state index is 0.269. The largest absolute Gasteiger partial charge is 0.357 e. The summed E-state index contributed by atoms with van der Waals surface area (Å²) in [5, 5.41) is 7.77. The van der Waals surface area contributed by atoms with Crippen molar-refractivity contribution < 1.29 is 4.79 Å². The van der Waals surface area contributed by atoms with E-state index in [1.807, 2.05) is 22.8 Å². The van der Waals surface area contributed by atoms with E-state index in [1.54, 1.807) is 0 Å². The highest BCUT2D eigenvalue weighted by Gasteiger charge is 2.27. The summed E-state index contributed by atoms with van der Waals surface area (Å²) in [7, 11) is 1.97. The van der Waals surface area contributed by atoms with Gasteiger partial charge in [0.15, 0.2) is 5.96 Å². The third-order valence-electron chi connectivity index (χ3n) is 5.97. The molecule has 1 unspecified atom stereocenters. The maximum atomic E-state index is 11.9. The number of aryl methyl sites for hydroxylation is 1. The number of carbonyl (C=O) groups is 1. The van der Waals surface area contributed by atoms with Gasteiger partial charge in [-0.15, -0.1) is 0 Å². The van der Waals surface area contributed by atoms with E-state index in [9.17, 15) is 4.79 Å². The van der Waals surface area contributed by atoms with Gasteiger partial charge in [0.1, 0.15) is 0 Å². The molecule has 0 saturated carbocycles. The molecule has 2 aromatic rings. The van der Waals surface area contributed by atoms with Crippen LogP contribution in [0.15, 0.2) is 41.7 Å². The van der Waals surface area contributed by atoms with Gasteiger partial charge >= 0.3 is 0 Å². The molecule has 7 nitrogen and oxygen atoms in total. The van der Waals surface area contributed by atoms with Crippen LogP contribution in [0.3, 0.4) is 0 Å². The molecule has 4 rings (SSSR count). The quantitative estimate of drug-likeness (QED) is 0.589. The average Bonchev–Trinajstić information content (AvgIpc) is 3.48. The first-order chi connectivity index (χ1) is 14.6. The van der Waals surface area contributed by atoms with Crippen molar-refractivity contribution in [3.05, 3.63) is 53.3 Å². The molecule has 3 heterocycles. The summed E-state index contributed by atoms with van der Waals surface area (Å²) in [5.74, 6) is 1.75. The number of rotatable bonds is 6. The fraction of sp³-hybridized carbons (Fsp3) is 0.522. The lowest BCUT2D eigenvalue weighted by molar-refractivity contribution is -0.128. The van der Waals surface area contributed by atoms with E-state index >= 15 is 0 Å². The molecule has 2 aliphatic heterocycles. The molecule has 0 spiro atoms.